The fourth-order valence-corrected chi connectivity index (χ4v) is 2.67. The molecule has 0 saturated carbocycles. The van der Waals surface area contributed by atoms with Crippen LogP contribution in [0.2, 0.25) is 0 Å². The molecule has 0 N–H and O–H groups in total. The van der Waals surface area contributed by atoms with E-state index in [1.54, 1.807) is 0 Å². The van der Waals surface area contributed by atoms with Gasteiger partial charge in [-0.15, -0.1) is 0 Å². The monoisotopic (exact) mass is 282 g/mol. The molecule has 0 heterocycles. The number of benzene rings is 2. The van der Waals surface area contributed by atoms with Gasteiger partial charge in [-0.1, -0.05) is 56.3 Å². The third kappa shape index (κ3) is 3.52. The zero-order valence-electron chi connectivity index (χ0n) is 13.0. The standard InChI is InChI=1S/C19H22O2/c1-4-14-11-17(16-9-7-6-8-10-16)12-15(5-2)18(14)13-19(20)21-3/h6-12H,4-5,13H2,1-3H3. The average Bonchev–Trinajstić information content (AvgIpc) is 2.55. The second-order valence-corrected chi connectivity index (χ2v) is 5.10. The highest BCUT2D eigenvalue weighted by Gasteiger charge is 2.13. The molecule has 0 unspecified atom stereocenters. The Morgan fingerprint density at radius 2 is 1.52 bits per heavy atom. The summed E-state index contributed by atoms with van der Waals surface area (Å²) >= 11 is 0. The molecule has 0 aromatic heterocycles. The number of carbonyl (C=O) groups is 1. The Hall–Kier alpha value is -2.09. The number of rotatable bonds is 5. The minimum absolute atomic E-state index is 0.174. The SMILES string of the molecule is CCc1cc(-c2ccccc2)cc(CC)c1CC(=O)OC. The van der Waals surface area contributed by atoms with Gasteiger partial charge in [-0.3, -0.25) is 4.79 Å². The molecular formula is C19H22O2. The molecule has 0 amide bonds. The van der Waals surface area contributed by atoms with E-state index in [9.17, 15) is 4.79 Å². The molecule has 0 saturated heterocycles. The molecule has 21 heavy (non-hydrogen) atoms. The average molecular weight is 282 g/mol. The summed E-state index contributed by atoms with van der Waals surface area (Å²) in [7, 11) is 1.44. The first-order chi connectivity index (χ1) is 10.2. The van der Waals surface area contributed by atoms with E-state index in [0.717, 1.165) is 18.4 Å². The molecule has 0 bridgehead atoms. The molecule has 110 valence electrons. The van der Waals surface area contributed by atoms with Crippen LogP contribution in [0.5, 0.6) is 0 Å². The highest BCUT2D eigenvalue weighted by atomic mass is 16.5. The van der Waals surface area contributed by atoms with Crippen molar-refractivity contribution >= 4 is 5.97 Å². The van der Waals surface area contributed by atoms with Crippen molar-refractivity contribution in [3.63, 3.8) is 0 Å². The third-order valence-electron chi connectivity index (χ3n) is 3.85. The van der Waals surface area contributed by atoms with Gasteiger partial charge in [0.25, 0.3) is 0 Å². The van der Waals surface area contributed by atoms with Gasteiger partial charge in [-0.25, -0.2) is 0 Å². The Morgan fingerprint density at radius 3 is 2.00 bits per heavy atom. The number of hydrogen-bond acceptors (Lipinski definition) is 2. The summed E-state index contributed by atoms with van der Waals surface area (Å²) in [5.74, 6) is -0.174. The van der Waals surface area contributed by atoms with Crippen molar-refractivity contribution in [3.05, 3.63) is 59.2 Å². The molecule has 0 atom stereocenters. The lowest BCUT2D eigenvalue weighted by Crippen LogP contribution is -2.09. The van der Waals surface area contributed by atoms with E-state index in [1.165, 1.54) is 29.4 Å². The molecule has 0 spiro atoms. The minimum atomic E-state index is -0.174. The van der Waals surface area contributed by atoms with Crippen LogP contribution in [0.15, 0.2) is 42.5 Å². The Morgan fingerprint density at radius 1 is 0.952 bits per heavy atom. The van der Waals surface area contributed by atoms with Crippen LogP contribution < -0.4 is 0 Å². The smallest absolute Gasteiger partial charge is 0.309 e. The van der Waals surface area contributed by atoms with E-state index < -0.39 is 0 Å². The number of ether oxygens (including phenoxy) is 1. The maximum Gasteiger partial charge on any atom is 0.309 e. The van der Waals surface area contributed by atoms with Crippen molar-refractivity contribution in [2.45, 2.75) is 33.1 Å². The number of methoxy groups -OCH3 is 1. The van der Waals surface area contributed by atoms with Gasteiger partial charge in [0, 0.05) is 0 Å². The first-order valence-electron chi connectivity index (χ1n) is 7.46. The maximum absolute atomic E-state index is 11.7. The van der Waals surface area contributed by atoms with Gasteiger partial charge in [-0.05, 0) is 40.7 Å². The molecule has 0 aliphatic heterocycles. The summed E-state index contributed by atoms with van der Waals surface area (Å²) < 4.78 is 4.83. The first kappa shape index (κ1) is 15.3. The van der Waals surface area contributed by atoms with Crippen LogP contribution in [-0.2, 0) is 28.8 Å². The second kappa shape index (κ2) is 7.07. The molecule has 2 nitrogen and oxygen atoms in total. The predicted molar refractivity (Wildman–Crippen MR) is 86.4 cm³/mol. The van der Waals surface area contributed by atoms with Crippen LogP contribution in [0.1, 0.15) is 30.5 Å². The van der Waals surface area contributed by atoms with Crippen LogP contribution in [0.3, 0.4) is 0 Å². The number of hydrogen-bond donors (Lipinski definition) is 0. The van der Waals surface area contributed by atoms with E-state index in [2.05, 4.69) is 50.2 Å². The number of carbonyl (C=O) groups excluding carboxylic acids is 1. The first-order valence-corrected chi connectivity index (χ1v) is 7.46. The Labute approximate surface area is 126 Å². The van der Waals surface area contributed by atoms with Gasteiger partial charge in [0.15, 0.2) is 0 Å². The predicted octanol–water partition coefficient (Wildman–Crippen LogP) is 4.19. The fraction of sp³-hybridized carbons (Fsp3) is 0.316. The summed E-state index contributed by atoms with van der Waals surface area (Å²) in [6.07, 6.45) is 2.19. The van der Waals surface area contributed by atoms with E-state index >= 15 is 0 Å². The summed E-state index contributed by atoms with van der Waals surface area (Å²) in [5, 5.41) is 0. The molecule has 0 fully saturated rings. The third-order valence-corrected chi connectivity index (χ3v) is 3.85. The highest BCUT2D eigenvalue weighted by Crippen LogP contribution is 2.27. The molecule has 2 aromatic carbocycles. The zero-order valence-corrected chi connectivity index (χ0v) is 13.0. The lowest BCUT2D eigenvalue weighted by atomic mass is 9.90. The molecular weight excluding hydrogens is 260 g/mol. The van der Waals surface area contributed by atoms with Crippen LogP contribution >= 0.6 is 0 Å². The van der Waals surface area contributed by atoms with E-state index in [4.69, 9.17) is 4.74 Å². The van der Waals surface area contributed by atoms with Crippen LogP contribution in [0.25, 0.3) is 11.1 Å². The zero-order chi connectivity index (χ0) is 15.2. The van der Waals surface area contributed by atoms with Crippen molar-refractivity contribution in [1.29, 1.82) is 0 Å². The largest absolute Gasteiger partial charge is 0.469 e. The van der Waals surface area contributed by atoms with Crippen LogP contribution in [-0.4, -0.2) is 13.1 Å². The van der Waals surface area contributed by atoms with E-state index in [-0.39, 0.29) is 5.97 Å². The van der Waals surface area contributed by atoms with Crippen molar-refractivity contribution in [1.82, 2.24) is 0 Å². The molecule has 0 aliphatic rings. The Balaban J connectivity index is 2.51. The number of aryl methyl sites for hydroxylation is 2. The molecule has 0 radical (unpaired) electrons. The fourth-order valence-electron chi connectivity index (χ4n) is 2.67. The summed E-state index contributed by atoms with van der Waals surface area (Å²) in [6, 6.07) is 14.8. The topological polar surface area (TPSA) is 26.3 Å². The minimum Gasteiger partial charge on any atom is -0.469 e. The Kier molecular flexibility index (Phi) is 5.15. The van der Waals surface area contributed by atoms with Crippen molar-refractivity contribution in [2.24, 2.45) is 0 Å². The maximum atomic E-state index is 11.7. The van der Waals surface area contributed by atoms with Gasteiger partial charge in [0.05, 0.1) is 13.5 Å². The lowest BCUT2D eigenvalue weighted by molar-refractivity contribution is -0.139. The van der Waals surface area contributed by atoms with Gasteiger partial charge >= 0.3 is 5.97 Å². The lowest BCUT2D eigenvalue weighted by Gasteiger charge is -2.15. The van der Waals surface area contributed by atoms with Crippen molar-refractivity contribution in [2.75, 3.05) is 7.11 Å². The van der Waals surface area contributed by atoms with Gasteiger partial charge in [0.2, 0.25) is 0 Å². The molecule has 2 heteroatoms. The summed E-state index contributed by atoms with van der Waals surface area (Å²) in [6.45, 7) is 4.26. The molecule has 2 rings (SSSR count). The quantitative estimate of drug-likeness (QED) is 0.768. The van der Waals surface area contributed by atoms with Gasteiger partial charge < -0.3 is 4.74 Å². The van der Waals surface area contributed by atoms with Crippen LogP contribution in [0.4, 0.5) is 0 Å². The van der Waals surface area contributed by atoms with Crippen molar-refractivity contribution in [3.8, 4) is 11.1 Å². The molecule has 2 aromatic rings. The summed E-state index contributed by atoms with van der Waals surface area (Å²) in [5.41, 5.74) is 6.04. The van der Waals surface area contributed by atoms with Crippen molar-refractivity contribution < 1.29 is 9.53 Å². The molecule has 0 aliphatic carbocycles. The van der Waals surface area contributed by atoms with Gasteiger partial charge in [-0.2, -0.15) is 0 Å². The van der Waals surface area contributed by atoms with Gasteiger partial charge in [0.1, 0.15) is 0 Å². The Bertz CT molecular complexity index is 590. The normalized spacial score (nSPS) is 10.4. The van der Waals surface area contributed by atoms with E-state index in [1.807, 2.05) is 6.07 Å². The van der Waals surface area contributed by atoms with E-state index in [0.29, 0.717) is 6.42 Å². The van der Waals surface area contributed by atoms with Crippen LogP contribution in [0, 0.1) is 0 Å². The summed E-state index contributed by atoms with van der Waals surface area (Å²) in [4.78, 5) is 11.7. The highest BCUT2D eigenvalue weighted by molar-refractivity contribution is 5.75. The second-order valence-electron chi connectivity index (χ2n) is 5.10. The number of esters is 1.